The number of rotatable bonds is 5. The van der Waals surface area contributed by atoms with E-state index in [1.807, 2.05) is 19.1 Å². The van der Waals surface area contributed by atoms with Gasteiger partial charge >= 0.3 is 0 Å². The van der Waals surface area contributed by atoms with Gasteiger partial charge in [0.1, 0.15) is 53.5 Å². The zero-order chi connectivity index (χ0) is 41.3. The van der Waals surface area contributed by atoms with Crippen molar-refractivity contribution in [2.75, 3.05) is 31.2 Å². The zero-order valence-corrected chi connectivity index (χ0v) is 33.9. The summed E-state index contributed by atoms with van der Waals surface area (Å²) in [4.78, 5) is 63.9. The maximum atomic E-state index is 13.4. The molecule has 10 rings (SSSR count). The Kier molecular flexibility index (Phi) is 8.06. The molecule has 0 spiro atoms. The number of aliphatic hydroxyl groups is 1. The molecular formula is C40H38Cl2N14O3. The van der Waals surface area contributed by atoms with E-state index >= 15 is 0 Å². The predicted molar refractivity (Wildman–Crippen MR) is 224 cm³/mol. The number of carbonyl (C=O) groups excluding carboxylic acids is 2. The van der Waals surface area contributed by atoms with Gasteiger partial charge in [0.2, 0.25) is 11.8 Å². The molecule has 2 aliphatic rings. The van der Waals surface area contributed by atoms with Crippen molar-refractivity contribution in [1.29, 1.82) is 0 Å². The molecule has 8 aromatic heterocycles. The smallest absolute Gasteiger partial charge is 0.248 e. The number of nitrogens with zero attached hydrogens (tertiary/aromatic N) is 10. The van der Waals surface area contributed by atoms with E-state index in [4.69, 9.17) is 44.6 Å². The fourth-order valence-corrected chi connectivity index (χ4v) is 10.1. The summed E-state index contributed by atoms with van der Waals surface area (Å²) in [5.41, 5.74) is 19.0. The molecule has 10 heterocycles. The zero-order valence-electron chi connectivity index (χ0n) is 32.4. The molecule has 0 saturated heterocycles. The topological polar surface area (TPSA) is 232 Å². The maximum Gasteiger partial charge on any atom is 0.248 e. The standard InChI is InChI=1S/C40H38Cl2N14O3/c1-18(58)53-11-22-25(27-33(43)47-16-49-37(27)55(22)39(2,3)14-53)32-30(42)21-8-19(10-46-36(21)52-32)9-40(4)15-54(24(59)13-57)12-23-26(28-34(44)48-17-50-38(28)56(23)40)31-29(41)20-6-5-7-45-35(20)51-31/h5-8,10,16-17,57H,9,11-15H2,1-4H3,(H,45,51)(H,46,52)(H2,43,47,49)(H2,44,48,50). The predicted octanol–water partition coefficient (Wildman–Crippen LogP) is 5.12. The molecule has 0 fully saturated rings. The fraction of sp³-hybridized carbons (Fsp3) is 0.300. The number of nitrogens with one attached hydrogen (secondary N) is 2. The summed E-state index contributed by atoms with van der Waals surface area (Å²) in [6, 6.07) is 5.66. The van der Waals surface area contributed by atoms with E-state index in [1.54, 1.807) is 35.2 Å². The van der Waals surface area contributed by atoms with E-state index in [1.165, 1.54) is 12.7 Å². The second-order valence-electron chi connectivity index (χ2n) is 16.3. The normalized spacial score (nSPS) is 17.7. The number of nitrogen functional groups attached to an aromatic ring is 2. The number of halogens is 2. The molecule has 19 heteroatoms. The van der Waals surface area contributed by atoms with E-state index in [0.29, 0.717) is 96.5 Å². The Hall–Kier alpha value is -6.30. The molecule has 0 aliphatic carbocycles. The van der Waals surface area contributed by atoms with Crippen LogP contribution in [-0.2, 0) is 40.2 Å². The monoisotopic (exact) mass is 832 g/mol. The van der Waals surface area contributed by atoms with Crippen LogP contribution >= 0.6 is 23.2 Å². The van der Waals surface area contributed by atoms with Crippen molar-refractivity contribution in [1.82, 2.24) is 58.8 Å². The van der Waals surface area contributed by atoms with Gasteiger partial charge in [0.15, 0.2) is 0 Å². The molecule has 1 unspecified atom stereocenters. The lowest BCUT2D eigenvalue weighted by atomic mass is 9.89. The summed E-state index contributed by atoms with van der Waals surface area (Å²) < 4.78 is 4.23. The number of hydrogen-bond acceptors (Lipinski definition) is 11. The quantitative estimate of drug-likeness (QED) is 0.153. The molecule has 1 atom stereocenters. The third kappa shape index (κ3) is 5.34. The maximum absolute atomic E-state index is 13.4. The molecule has 17 nitrogen and oxygen atoms in total. The minimum atomic E-state index is -0.863. The number of fused-ring (bicyclic) bond motifs is 8. The summed E-state index contributed by atoms with van der Waals surface area (Å²) in [5.74, 6) is 0.0431. The molecule has 2 amide bonds. The average molecular weight is 834 g/mol. The number of pyridine rings is 2. The second kappa shape index (κ2) is 12.8. The molecule has 7 N–H and O–H groups in total. The summed E-state index contributed by atoms with van der Waals surface area (Å²) >= 11 is 14.4. The van der Waals surface area contributed by atoms with Gasteiger partial charge in [0.25, 0.3) is 0 Å². The minimum absolute atomic E-state index is 0.0505. The lowest BCUT2D eigenvalue weighted by Gasteiger charge is -2.43. The number of amides is 2. The van der Waals surface area contributed by atoms with E-state index in [-0.39, 0.29) is 30.6 Å². The number of hydrogen-bond donors (Lipinski definition) is 5. The SMILES string of the molecule is CC(=O)N1Cc2c(-c3[nH]c4ncc(CC5(C)CN(C(=O)CO)Cc6c(-c7[nH]c8ncccc8c7Cl)c7c(N)ncnc7n65)cc4c3Cl)c3c(N)ncnc3n2C(C)(C)C1. The summed E-state index contributed by atoms with van der Waals surface area (Å²) in [6.45, 7) is 8.21. The van der Waals surface area contributed by atoms with Crippen LogP contribution in [0, 0.1) is 0 Å². The van der Waals surface area contributed by atoms with Crippen molar-refractivity contribution < 1.29 is 14.7 Å². The Morgan fingerprint density at radius 3 is 2.03 bits per heavy atom. The Bertz CT molecular complexity index is 3110. The molecule has 0 saturated carbocycles. The van der Waals surface area contributed by atoms with Crippen LogP contribution in [0.4, 0.5) is 11.6 Å². The van der Waals surface area contributed by atoms with Crippen molar-refractivity contribution in [2.45, 2.75) is 58.3 Å². The van der Waals surface area contributed by atoms with Gasteiger partial charge < -0.3 is 45.5 Å². The van der Waals surface area contributed by atoms with Gasteiger partial charge in [-0.25, -0.2) is 29.9 Å². The number of anilines is 2. The van der Waals surface area contributed by atoms with E-state index in [2.05, 4.69) is 52.9 Å². The van der Waals surface area contributed by atoms with Gasteiger partial charge in [-0.2, -0.15) is 0 Å². The molecule has 0 aromatic carbocycles. The Morgan fingerprint density at radius 1 is 0.814 bits per heavy atom. The van der Waals surface area contributed by atoms with Crippen LogP contribution in [0.15, 0.2) is 43.2 Å². The summed E-state index contributed by atoms with van der Waals surface area (Å²) in [6.07, 6.45) is 6.67. The third-order valence-corrected chi connectivity index (χ3v) is 12.6. The lowest BCUT2D eigenvalue weighted by molar-refractivity contribution is -0.137. The number of aliphatic hydroxyl groups excluding tert-OH is 1. The van der Waals surface area contributed by atoms with Gasteiger partial charge in [-0.3, -0.25) is 9.59 Å². The lowest BCUT2D eigenvalue weighted by Crippen LogP contribution is -2.52. The van der Waals surface area contributed by atoms with Gasteiger partial charge in [-0.1, -0.05) is 23.2 Å². The van der Waals surface area contributed by atoms with Gasteiger partial charge in [-0.15, -0.1) is 0 Å². The van der Waals surface area contributed by atoms with Gasteiger partial charge in [0, 0.05) is 65.7 Å². The van der Waals surface area contributed by atoms with Crippen LogP contribution in [-0.4, -0.2) is 95.4 Å². The number of carbonyl (C=O) groups is 2. The summed E-state index contributed by atoms with van der Waals surface area (Å²) in [5, 5.41) is 13.6. The molecule has 0 bridgehead atoms. The molecule has 2 aliphatic heterocycles. The van der Waals surface area contributed by atoms with Crippen molar-refractivity contribution in [3.8, 4) is 22.5 Å². The van der Waals surface area contributed by atoms with Crippen LogP contribution in [0.5, 0.6) is 0 Å². The van der Waals surface area contributed by atoms with E-state index in [0.717, 1.165) is 16.6 Å². The van der Waals surface area contributed by atoms with Crippen LogP contribution in [0.2, 0.25) is 10.0 Å². The van der Waals surface area contributed by atoms with Crippen LogP contribution < -0.4 is 11.5 Å². The van der Waals surface area contributed by atoms with Crippen LogP contribution in [0.3, 0.4) is 0 Å². The highest BCUT2D eigenvalue weighted by atomic mass is 35.5. The van der Waals surface area contributed by atoms with Gasteiger partial charge in [-0.05, 0) is 51.0 Å². The molecule has 8 aromatic rings. The highest BCUT2D eigenvalue weighted by Gasteiger charge is 2.43. The highest BCUT2D eigenvalue weighted by molar-refractivity contribution is 6.39. The van der Waals surface area contributed by atoms with Crippen LogP contribution in [0.1, 0.15) is 44.6 Å². The summed E-state index contributed by atoms with van der Waals surface area (Å²) in [7, 11) is 0. The first-order valence-electron chi connectivity index (χ1n) is 18.9. The molecule has 59 heavy (non-hydrogen) atoms. The Morgan fingerprint density at radius 2 is 1.41 bits per heavy atom. The van der Waals surface area contributed by atoms with Crippen molar-refractivity contribution in [3.63, 3.8) is 0 Å². The fourth-order valence-electron chi connectivity index (χ4n) is 9.52. The third-order valence-electron chi connectivity index (χ3n) is 11.9. The number of nitrogens with two attached hydrogens (primary N) is 2. The first-order chi connectivity index (χ1) is 28.2. The van der Waals surface area contributed by atoms with E-state index in [9.17, 15) is 14.7 Å². The Labute approximate surface area is 345 Å². The molecule has 0 radical (unpaired) electrons. The Balaban J connectivity index is 1.14. The van der Waals surface area contributed by atoms with Crippen molar-refractivity contribution in [3.05, 3.63) is 70.2 Å². The number of aromatic nitrogens is 10. The second-order valence-corrected chi connectivity index (χ2v) is 17.0. The van der Waals surface area contributed by atoms with Crippen molar-refractivity contribution >= 4 is 90.8 Å². The molecular weight excluding hydrogens is 795 g/mol. The van der Waals surface area contributed by atoms with Crippen LogP contribution in [0.25, 0.3) is 66.6 Å². The largest absolute Gasteiger partial charge is 0.387 e. The van der Waals surface area contributed by atoms with Crippen molar-refractivity contribution in [2.24, 2.45) is 0 Å². The highest BCUT2D eigenvalue weighted by Crippen LogP contribution is 2.48. The minimum Gasteiger partial charge on any atom is -0.387 e. The first-order valence-corrected chi connectivity index (χ1v) is 19.7. The average Bonchev–Trinajstić information content (AvgIpc) is 3.93. The first kappa shape index (κ1) is 37.0. The molecule has 300 valence electrons. The number of H-pyrrole nitrogens is 2. The number of aromatic amines is 2. The van der Waals surface area contributed by atoms with E-state index < -0.39 is 23.6 Å². The van der Waals surface area contributed by atoms with Gasteiger partial charge in [0.05, 0.1) is 56.4 Å².